The highest BCUT2D eigenvalue weighted by molar-refractivity contribution is 9.10. The van der Waals surface area contributed by atoms with E-state index in [-0.39, 0.29) is 5.56 Å². The molecule has 0 atom stereocenters. The van der Waals surface area contributed by atoms with Crippen LogP contribution in [0.1, 0.15) is 15.9 Å². The van der Waals surface area contributed by atoms with Crippen LogP contribution in [0.2, 0.25) is 0 Å². The molecule has 0 aliphatic rings. The minimum Gasteiger partial charge on any atom is -0.478 e. The fourth-order valence-electron chi connectivity index (χ4n) is 1.62. The molecule has 2 N–H and O–H groups in total. The highest BCUT2D eigenvalue weighted by atomic mass is 79.9. The van der Waals surface area contributed by atoms with E-state index in [0.29, 0.717) is 5.69 Å². The second-order valence-electron chi connectivity index (χ2n) is 3.80. The van der Waals surface area contributed by atoms with Crippen LogP contribution in [0.3, 0.4) is 0 Å². The number of carboxylic acid groups (broad SMARTS) is 1. The summed E-state index contributed by atoms with van der Waals surface area (Å²) >= 11 is 4.94. The summed E-state index contributed by atoms with van der Waals surface area (Å²) < 4.78 is 0.767. The molecule has 0 saturated heterocycles. The minimum absolute atomic E-state index is 0.287. The Balaban J connectivity index is 2.02. The predicted molar refractivity (Wildman–Crippen MR) is 77.6 cm³/mol. The maximum atomic E-state index is 11.1. The number of carboxylic acids is 1. The number of aromatic carboxylic acids is 1. The molecule has 1 heterocycles. The number of carbonyl (C=O) groups is 1. The van der Waals surface area contributed by atoms with Crippen molar-refractivity contribution in [1.82, 2.24) is 0 Å². The summed E-state index contributed by atoms with van der Waals surface area (Å²) in [5.74, 6) is -0.922. The number of halogens is 1. The number of nitrogens with one attached hydrogen (secondary N) is 1. The number of anilines is 1. The molecule has 2 aromatic rings. The van der Waals surface area contributed by atoms with Crippen molar-refractivity contribution in [2.75, 3.05) is 11.9 Å². The summed E-state index contributed by atoms with van der Waals surface area (Å²) in [6.45, 7) is 0.721. The predicted octanol–water partition coefficient (Wildman–Crippen LogP) is 3.86. The van der Waals surface area contributed by atoms with Crippen molar-refractivity contribution in [2.45, 2.75) is 6.42 Å². The van der Waals surface area contributed by atoms with E-state index in [2.05, 4.69) is 32.7 Å². The molecule has 0 amide bonds. The lowest BCUT2D eigenvalue weighted by molar-refractivity contribution is 0.0698. The monoisotopic (exact) mass is 325 g/mol. The van der Waals surface area contributed by atoms with Crippen molar-refractivity contribution in [3.63, 3.8) is 0 Å². The fraction of sp³-hybridized carbons (Fsp3) is 0.154. The molecular formula is C13H12BrNO2S. The van der Waals surface area contributed by atoms with Crippen LogP contribution in [0.25, 0.3) is 0 Å². The largest absolute Gasteiger partial charge is 0.478 e. The molecule has 0 saturated carbocycles. The Bertz CT molecular complexity index is 540. The number of hydrogen-bond donors (Lipinski definition) is 2. The normalized spacial score (nSPS) is 10.3. The van der Waals surface area contributed by atoms with Crippen LogP contribution < -0.4 is 5.32 Å². The van der Waals surface area contributed by atoms with E-state index in [0.717, 1.165) is 17.4 Å². The zero-order chi connectivity index (χ0) is 13.0. The first-order valence-electron chi connectivity index (χ1n) is 5.44. The van der Waals surface area contributed by atoms with Crippen LogP contribution in [0.4, 0.5) is 5.69 Å². The van der Waals surface area contributed by atoms with Crippen molar-refractivity contribution < 1.29 is 9.90 Å². The molecule has 0 bridgehead atoms. The van der Waals surface area contributed by atoms with E-state index in [1.165, 1.54) is 5.56 Å². The highest BCUT2D eigenvalue weighted by Gasteiger charge is 2.09. The standard InChI is InChI=1S/C13H12BrNO2S/c14-10-1-2-12(11(7-10)13(16)17)15-5-3-9-4-6-18-8-9/h1-2,4,6-8,15H,3,5H2,(H,16,17). The average Bonchev–Trinajstić information content (AvgIpc) is 2.84. The van der Waals surface area contributed by atoms with Crippen LogP contribution in [0.5, 0.6) is 0 Å². The van der Waals surface area contributed by atoms with Gasteiger partial charge in [-0.25, -0.2) is 4.79 Å². The molecule has 3 nitrogen and oxygen atoms in total. The second kappa shape index (κ2) is 6.02. The molecule has 1 aromatic heterocycles. The molecule has 0 radical (unpaired) electrons. The Morgan fingerprint density at radius 1 is 1.39 bits per heavy atom. The number of rotatable bonds is 5. The zero-order valence-electron chi connectivity index (χ0n) is 9.52. The molecule has 0 unspecified atom stereocenters. The van der Waals surface area contributed by atoms with Gasteiger partial charge < -0.3 is 10.4 Å². The van der Waals surface area contributed by atoms with Crippen LogP contribution >= 0.6 is 27.3 Å². The lowest BCUT2D eigenvalue weighted by Crippen LogP contribution is -2.09. The van der Waals surface area contributed by atoms with Gasteiger partial charge in [0.25, 0.3) is 0 Å². The fourth-order valence-corrected chi connectivity index (χ4v) is 2.69. The summed E-state index contributed by atoms with van der Waals surface area (Å²) in [6.07, 6.45) is 0.888. The Hall–Kier alpha value is -1.33. The van der Waals surface area contributed by atoms with Gasteiger partial charge in [-0.1, -0.05) is 15.9 Å². The van der Waals surface area contributed by atoms with Gasteiger partial charge in [-0.3, -0.25) is 0 Å². The van der Waals surface area contributed by atoms with Gasteiger partial charge in [0, 0.05) is 16.7 Å². The summed E-state index contributed by atoms with van der Waals surface area (Å²) in [5.41, 5.74) is 2.21. The Labute approximate surface area is 118 Å². The van der Waals surface area contributed by atoms with E-state index in [1.54, 1.807) is 23.5 Å². The van der Waals surface area contributed by atoms with Gasteiger partial charge in [0.05, 0.1) is 5.56 Å². The van der Waals surface area contributed by atoms with E-state index >= 15 is 0 Å². The smallest absolute Gasteiger partial charge is 0.337 e. The Morgan fingerprint density at radius 3 is 2.89 bits per heavy atom. The number of benzene rings is 1. The van der Waals surface area contributed by atoms with Crippen molar-refractivity contribution in [3.05, 3.63) is 50.6 Å². The van der Waals surface area contributed by atoms with Crippen LogP contribution in [-0.4, -0.2) is 17.6 Å². The van der Waals surface area contributed by atoms with Crippen molar-refractivity contribution in [3.8, 4) is 0 Å². The van der Waals surface area contributed by atoms with Gasteiger partial charge in [-0.15, -0.1) is 0 Å². The lowest BCUT2D eigenvalue weighted by atomic mass is 10.1. The SMILES string of the molecule is O=C(O)c1cc(Br)ccc1NCCc1ccsc1. The molecular weight excluding hydrogens is 314 g/mol. The topological polar surface area (TPSA) is 49.3 Å². The van der Waals surface area contributed by atoms with E-state index in [1.807, 2.05) is 11.4 Å². The number of hydrogen-bond acceptors (Lipinski definition) is 3. The van der Waals surface area contributed by atoms with Gasteiger partial charge in [-0.05, 0) is 47.0 Å². The first-order valence-corrected chi connectivity index (χ1v) is 7.18. The van der Waals surface area contributed by atoms with Crippen molar-refractivity contribution >= 4 is 38.9 Å². The third-order valence-corrected chi connectivity index (χ3v) is 3.75. The quantitative estimate of drug-likeness (QED) is 0.877. The summed E-state index contributed by atoms with van der Waals surface area (Å²) in [4.78, 5) is 11.1. The molecule has 18 heavy (non-hydrogen) atoms. The maximum Gasteiger partial charge on any atom is 0.337 e. The first-order chi connectivity index (χ1) is 8.66. The lowest BCUT2D eigenvalue weighted by Gasteiger charge is -2.09. The molecule has 1 aromatic carbocycles. The maximum absolute atomic E-state index is 11.1. The zero-order valence-corrected chi connectivity index (χ0v) is 11.9. The molecule has 94 valence electrons. The highest BCUT2D eigenvalue weighted by Crippen LogP contribution is 2.21. The molecule has 2 rings (SSSR count). The molecule has 5 heteroatoms. The van der Waals surface area contributed by atoms with Crippen LogP contribution in [-0.2, 0) is 6.42 Å². The first kappa shape index (κ1) is 13.1. The van der Waals surface area contributed by atoms with Crippen LogP contribution in [0, 0.1) is 0 Å². The van der Waals surface area contributed by atoms with E-state index in [9.17, 15) is 4.79 Å². The summed E-state index contributed by atoms with van der Waals surface area (Å²) in [6, 6.07) is 7.29. The third-order valence-electron chi connectivity index (χ3n) is 2.52. The molecule has 0 aliphatic carbocycles. The minimum atomic E-state index is -0.922. The van der Waals surface area contributed by atoms with Crippen molar-refractivity contribution in [2.24, 2.45) is 0 Å². The van der Waals surface area contributed by atoms with Gasteiger partial charge in [0.2, 0.25) is 0 Å². The van der Waals surface area contributed by atoms with Crippen molar-refractivity contribution in [1.29, 1.82) is 0 Å². The molecule has 0 fully saturated rings. The van der Waals surface area contributed by atoms with Gasteiger partial charge >= 0.3 is 5.97 Å². The average molecular weight is 326 g/mol. The summed E-state index contributed by atoms with van der Waals surface area (Å²) in [5, 5.41) is 16.4. The molecule has 0 spiro atoms. The Morgan fingerprint density at radius 2 is 2.22 bits per heavy atom. The van der Waals surface area contributed by atoms with Gasteiger partial charge in [0.1, 0.15) is 0 Å². The van der Waals surface area contributed by atoms with Gasteiger partial charge in [-0.2, -0.15) is 11.3 Å². The Kier molecular flexibility index (Phi) is 4.38. The van der Waals surface area contributed by atoms with Crippen LogP contribution in [0.15, 0.2) is 39.5 Å². The van der Waals surface area contributed by atoms with E-state index < -0.39 is 5.97 Å². The number of thiophene rings is 1. The third kappa shape index (κ3) is 3.34. The summed E-state index contributed by atoms with van der Waals surface area (Å²) in [7, 11) is 0. The van der Waals surface area contributed by atoms with E-state index in [4.69, 9.17) is 5.11 Å². The molecule has 0 aliphatic heterocycles. The van der Waals surface area contributed by atoms with Gasteiger partial charge in [0.15, 0.2) is 0 Å². The second-order valence-corrected chi connectivity index (χ2v) is 5.50.